The van der Waals surface area contributed by atoms with Crippen molar-refractivity contribution in [3.63, 3.8) is 0 Å². The zero-order valence-corrected chi connectivity index (χ0v) is 12.3. The molecule has 2 N–H and O–H groups in total. The fourth-order valence-electron chi connectivity index (χ4n) is 2.05. The maximum atomic E-state index is 5.80. The second kappa shape index (κ2) is 6.10. The van der Waals surface area contributed by atoms with Gasteiger partial charge >= 0.3 is 0 Å². The summed E-state index contributed by atoms with van der Waals surface area (Å²) in [6.45, 7) is 8.11. The summed E-state index contributed by atoms with van der Waals surface area (Å²) in [6, 6.07) is 6.36. The molecule has 102 valence electrons. The molecule has 0 fully saturated rings. The van der Waals surface area contributed by atoms with Crippen molar-refractivity contribution >= 4 is 5.69 Å². The molecule has 0 spiro atoms. The van der Waals surface area contributed by atoms with E-state index in [1.165, 1.54) is 5.56 Å². The highest BCUT2D eigenvalue weighted by Gasteiger charge is 2.20. The first kappa shape index (κ1) is 14.8. The van der Waals surface area contributed by atoms with Crippen molar-refractivity contribution in [3.8, 4) is 5.75 Å². The molecule has 3 nitrogen and oxygen atoms in total. The van der Waals surface area contributed by atoms with Crippen LogP contribution in [0.3, 0.4) is 0 Å². The number of nitrogens with zero attached hydrogens (tertiary/aromatic N) is 1. The molecule has 1 aromatic rings. The van der Waals surface area contributed by atoms with Crippen molar-refractivity contribution < 1.29 is 4.74 Å². The molecule has 0 amide bonds. The van der Waals surface area contributed by atoms with Gasteiger partial charge in [0.25, 0.3) is 0 Å². The molecule has 0 radical (unpaired) electrons. The van der Waals surface area contributed by atoms with Gasteiger partial charge in [-0.2, -0.15) is 0 Å². The van der Waals surface area contributed by atoms with E-state index in [-0.39, 0.29) is 5.41 Å². The number of methoxy groups -OCH3 is 1. The van der Waals surface area contributed by atoms with Gasteiger partial charge in [-0.15, -0.1) is 0 Å². The Balaban J connectivity index is 2.99. The summed E-state index contributed by atoms with van der Waals surface area (Å²) >= 11 is 0. The molecule has 0 heterocycles. The highest BCUT2D eigenvalue weighted by molar-refractivity contribution is 5.59. The van der Waals surface area contributed by atoms with Crippen molar-refractivity contribution in [2.45, 2.75) is 27.2 Å². The predicted octanol–water partition coefficient (Wildman–Crippen LogP) is 2.68. The fourth-order valence-corrected chi connectivity index (χ4v) is 2.05. The quantitative estimate of drug-likeness (QED) is 0.843. The molecule has 0 aliphatic carbocycles. The Morgan fingerprint density at radius 1 is 1.33 bits per heavy atom. The maximum Gasteiger partial charge on any atom is 0.142 e. The highest BCUT2D eigenvalue weighted by atomic mass is 16.5. The van der Waals surface area contributed by atoms with Gasteiger partial charge in [-0.05, 0) is 36.1 Å². The second-order valence-corrected chi connectivity index (χ2v) is 5.58. The monoisotopic (exact) mass is 250 g/mol. The largest absolute Gasteiger partial charge is 0.495 e. The van der Waals surface area contributed by atoms with Crippen LogP contribution in [0.25, 0.3) is 0 Å². The second-order valence-electron chi connectivity index (χ2n) is 5.58. The first-order valence-corrected chi connectivity index (χ1v) is 6.51. The summed E-state index contributed by atoms with van der Waals surface area (Å²) in [4.78, 5) is 2.23. The van der Waals surface area contributed by atoms with Crippen LogP contribution in [-0.4, -0.2) is 27.2 Å². The Kier molecular flexibility index (Phi) is 5.03. The lowest BCUT2D eigenvalue weighted by Crippen LogP contribution is -2.36. The van der Waals surface area contributed by atoms with Gasteiger partial charge < -0.3 is 15.4 Å². The van der Waals surface area contributed by atoms with Crippen LogP contribution in [0.4, 0.5) is 5.69 Å². The predicted molar refractivity (Wildman–Crippen MR) is 78.5 cm³/mol. The van der Waals surface area contributed by atoms with Gasteiger partial charge in [-0.1, -0.05) is 26.8 Å². The van der Waals surface area contributed by atoms with E-state index in [1.54, 1.807) is 7.11 Å². The molecule has 0 aromatic heterocycles. The number of aryl methyl sites for hydroxylation is 1. The van der Waals surface area contributed by atoms with E-state index in [0.717, 1.165) is 24.4 Å². The van der Waals surface area contributed by atoms with E-state index >= 15 is 0 Å². The molecule has 3 heteroatoms. The van der Waals surface area contributed by atoms with Crippen LogP contribution >= 0.6 is 0 Å². The topological polar surface area (TPSA) is 38.5 Å². The third-order valence-electron chi connectivity index (χ3n) is 3.28. The first-order valence-electron chi connectivity index (χ1n) is 6.51. The minimum atomic E-state index is 0.0992. The van der Waals surface area contributed by atoms with Crippen molar-refractivity contribution in [2.24, 2.45) is 11.1 Å². The molecule has 0 aliphatic heterocycles. The summed E-state index contributed by atoms with van der Waals surface area (Å²) < 4.78 is 5.44. The van der Waals surface area contributed by atoms with Gasteiger partial charge in [0.15, 0.2) is 0 Å². The Morgan fingerprint density at radius 2 is 2.00 bits per heavy atom. The van der Waals surface area contributed by atoms with Gasteiger partial charge in [0.05, 0.1) is 12.8 Å². The van der Waals surface area contributed by atoms with E-state index < -0.39 is 0 Å². The Labute approximate surface area is 111 Å². The van der Waals surface area contributed by atoms with Crippen molar-refractivity contribution in [1.29, 1.82) is 0 Å². The number of rotatable bonds is 6. The van der Waals surface area contributed by atoms with Crippen LogP contribution in [0, 0.1) is 5.41 Å². The van der Waals surface area contributed by atoms with Gasteiger partial charge in [0.2, 0.25) is 0 Å². The standard InChI is InChI=1S/C15H26N2O/c1-6-12-7-8-14(18-5)13(9-12)17(4)11-15(2,3)10-16/h7-9H,6,10-11,16H2,1-5H3. The molecule has 0 unspecified atom stereocenters. The van der Waals surface area contributed by atoms with Gasteiger partial charge in [-0.25, -0.2) is 0 Å². The van der Waals surface area contributed by atoms with Crippen molar-refractivity contribution in [3.05, 3.63) is 23.8 Å². The third-order valence-corrected chi connectivity index (χ3v) is 3.28. The lowest BCUT2D eigenvalue weighted by molar-refractivity contribution is 0.379. The first-order chi connectivity index (χ1) is 8.43. The number of benzene rings is 1. The molecule has 0 saturated heterocycles. The van der Waals surface area contributed by atoms with Crippen LogP contribution in [0.5, 0.6) is 5.75 Å². The summed E-state index contributed by atoms with van der Waals surface area (Å²) in [7, 11) is 3.81. The van der Waals surface area contributed by atoms with Crippen LogP contribution in [0.2, 0.25) is 0 Å². The van der Waals surface area contributed by atoms with Crippen LogP contribution in [0.15, 0.2) is 18.2 Å². The summed E-state index contributed by atoms with van der Waals surface area (Å²) in [6.07, 6.45) is 1.03. The highest BCUT2D eigenvalue weighted by Crippen LogP contribution is 2.30. The average molecular weight is 250 g/mol. The number of hydrogen-bond acceptors (Lipinski definition) is 3. The molecule has 0 atom stereocenters. The Hall–Kier alpha value is -1.22. The number of hydrogen-bond donors (Lipinski definition) is 1. The molecular weight excluding hydrogens is 224 g/mol. The maximum absolute atomic E-state index is 5.80. The van der Waals surface area contributed by atoms with Crippen LogP contribution in [-0.2, 0) is 6.42 Å². The molecule has 0 saturated carbocycles. The summed E-state index contributed by atoms with van der Waals surface area (Å²) in [5, 5.41) is 0. The van der Waals surface area contributed by atoms with E-state index in [2.05, 4.69) is 44.9 Å². The Morgan fingerprint density at radius 3 is 2.50 bits per heavy atom. The van der Waals surface area contributed by atoms with E-state index in [9.17, 15) is 0 Å². The van der Waals surface area contributed by atoms with Crippen molar-refractivity contribution in [1.82, 2.24) is 0 Å². The minimum absolute atomic E-state index is 0.0992. The molecular formula is C15H26N2O. The lowest BCUT2D eigenvalue weighted by atomic mass is 9.93. The third kappa shape index (κ3) is 3.64. The molecule has 0 bridgehead atoms. The zero-order chi connectivity index (χ0) is 13.8. The van der Waals surface area contributed by atoms with Crippen LogP contribution < -0.4 is 15.4 Å². The SMILES string of the molecule is CCc1ccc(OC)c(N(C)CC(C)(C)CN)c1. The molecule has 1 aromatic carbocycles. The minimum Gasteiger partial charge on any atom is -0.495 e. The number of ether oxygens (including phenoxy) is 1. The van der Waals surface area contributed by atoms with Gasteiger partial charge in [0, 0.05) is 13.6 Å². The molecule has 18 heavy (non-hydrogen) atoms. The lowest BCUT2D eigenvalue weighted by Gasteiger charge is -2.31. The van der Waals surface area contributed by atoms with E-state index in [4.69, 9.17) is 10.5 Å². The van der Waals surface area contributed by atoms with Gasteiger partial charge in [-0.3, -0.25) is 0 Å². The normalized spacial score (nSPS) is 11.4. The number of nitrogens with two attached hydrogens (primary N) is 1. The Bertz CT molecular complexity index is 388. The van der Waals surface area contributed by atoms with Crippen molar-refractivity contribution in [2.75, 3.05) is 32.1 Å². The van der Waals surface area contributed by atoms with E-state index in [1.807, 2.05) is 6.07 Å². The van der Waals surface area contributed by atoms with Crippen LogP contribution in [0.1, 0.15) is 26.3 Å². The molecule has 1 rings (SSSR count). The average Bonchev–Trinajstić information content (AvgIpc) is 2.37. The number of anilines is 1. The summed E-state index contributed by atoms with van der Waals surface area (Å²) in [5.41, 5.74) is 8.36. The summed E-state index contributed by atoms with van der Waals surface area (Å²) in [5.74, 6) is 0.919. The zero-order valence-electron chi connectivity index (χ0n) is 12.3. The molecule has 0 aliphatic rings. The fraction of sp³-hybridized carbons (Fsp3) is 0.600. The smallest absolute Gasteiger partial charge is 0.142 e. The van der Waals surface area contributed by atoms with E-state index in [0.29, 0.717) is 6.54 Å². The van der Waals surface area contributed by atoms with Gasteiger partial charge in [0.1, 0.15) is 5.75 Å².